The predicted octanol–water partition coefficient (Wildman–Crippen LogP) is 1.84. The van der Waals surface area contributed by atoms with Crippen LogP contribution in [0.15, 0.2) is 12.3 Å². The lowest BCUT2D eigenvalue weighted by Crippen LogP contribution is -2.29. The van der Waals surface area contributed by atoms with Crippen molar-refractivity contribution in [3.63, 3.8) is 0 Å². The summed E-state index contributed by atoms with van der Waals surface area (Å²) in [6.45, 7) is 4.22. The average Bonchev–Trinajstić information content (AvgIpc) is 2.30. The van der Waals surface area contributed by atoms with Crippen molar-refractivity contribution < 1.29 is 4.92 Å². The lowest BCUT2D eigenvalue weighted by atomic mass is 10.1. The Bertz CT molecular complexity index is 395. The third kappa shape index (κ3) is 3.67. The molecule has 3 N–H and O–H groups in total. The highest BCUT2D eigenvalue weighted by atomic mass is 16.6. The molecular formula is C11H18N4O2. The molecule has 0 saturated carbocycles. The van der Waals surface area contributed by atoms with Crippen molar-refractivity contribution in [3.8, 4) is 0 Å². The maximum Gasteiger partial charge on any atom is 0.277 e. The molecule has 6 heteroatoms. The van der Waals surface area contributed by atoms with E-state index in [2.05, 4.69) is 17.2 Å². The van der Waals surface area contributed by atoms with Crippen LogP contribution in [0.25, 0.3) is 0 Å². The Hall–Kier alpha value is -1.69. The van der Waals surface area contributed by atoms with E-state index < -0.39 is 4.92 Å². The van der Waals surface area contributed by atoms with Crippen molar-refractivity contribution in [2.75, 3.05) is 11.9 Å². The number of nitrogens with two attached hydrogens (primary N) is 1. The van der Waals surface area contributed by atoms with E-state index in [-0.39, 0.29) is 11.7 Å². The van der Waals surface area contributed by atoms with E-state index in [0.717, 1.165) is 12.8 Å². The smallest absolute Gasteiger partial charge is 0.277 e. The van der Waals surface area contributed by atoms with Gasteiger partial charge in [-0.15, -0.1) is 0 Å². The number of pyridine rings is 1. The Morgan fingerprint density at radius 2 is 2.35 bits per heavy atom. The zero-order valence-corrected chi connectivity index (χ0v) is 10.1. The lowest BCUT2D eigenvalue weighted by molar-refractivity contribution is -0.385. The van der Waals surface area contributed by atoms with Gasteiger partial charge in [-0.3, -0.25) is 10.1 Å². The first-order valence-electron chi connectivity index (χ1n) is 5.66. The van der Waals surface area contributed by atoms with E-state index in [9.17, 15) is 10.1 Å². The van der Waals surface area contributed by atoms with Crippen LogP contribution in [-0.2, 0) is 0 Å². The van der Waals surface area contributed by atoms with E-state index in [4.69, 9.17) is 5.73 Å². The molecule has 0 aromatic carbocycles. The second kappa shape index (κ2) is 6.15. The number of nitrogens with zero attached hydrogens (tertiary/aromatic N) is 2. The largest absolute Gasteiger partial charge is 0.366 e. The first-order chi connectivity index (χ1) is 8.08. The van der Waals surface area contributed by atoms with Gasteiger partial charge in [0, 0.05) is 24.3 Å². The van der Waals surface area contributed by atoms with Crippen molar-refractivity contribution in [3.05, 3.63) is 27.9 Å². The highest BCUT2D eigenvalue weighted by molar-refractivity contribution is 5.49. The van der Waals surface area contributed by atoms with Crippen molar-refractivity contribution in [2.45, 2.75) is 32.7 Å². The fourth-order valence-corrected chi connectivity index (χ4v) is 1.60. The summed E-state index contributed by atoms with van der Waals surface area (Å²) in [6, 6.07) is 1.56. The van der Waals surface area contributed by atoms with E-state index in [1.165, 1.54) is 12.3 Å². The SMILES string of the molecule is CCCC(CN)Nc1cc([N+](=O)[O-])c(C)cn1. The molecule has 0 fully saturated rings. The molecule has 0 aliphatic carbocycles. The van der Waals surface area contributed by atoms with Crippen LogP contribution in [0.5, 0.6) is 0 Å². The third-order valence-corrected chi connectivity index (χ3v) is 2.55. The highest BCUT2D eigenvalue weighted by Crippen LogP contribution is 2.20. The van der Waals surface area contributed by atoms with Crippen molar-refractivity contribution in [1.29, 1.82) is 0 Å². The van der Waals surface area contributed by atoms with Gasteiger partial charge in [0.15, 0.2) is 0 Å². The summed E-state index contributed by atoms with van der Waals surface area (Å²) in [5, 5.41) is 13.9. The zero-order valence-electron chi connectivity index (χ0n) is 10.1. The molecule has 0 bridgehead atoms. The second-order valence-electron chi connectivity index (χ2n) is 3.98. The Morgan fingerprint density at radius 3 is 2.88 bits per heavy atom. The number of hydrogen-bond donors (Lipinski definition) is 2. The molecule has 0 aliphatic rings. The van der Waals surface area contributed by atoms with Gasteiger partial charge in [-0.05, 0) is 13.3 Å². The van der Waals surface area contributed by atoms with Gasteiger partial charge in [-0.25, -0.2) is 4.98 Å². The molecular weight excluding hydrogens is 220 g/mol. The number of nitro groups is 1. The van der Waals surface area contributed by atoms with Crippen LogP contribution < -0.4 is 11.1 Å². The number of aryl methyl sites for hydroxylation is 1. The molecule has 0 spiro atoms. The summed E-state index contributed by atoms with van der Waals surface area (Å²) < 4.78 is 0. The van der Waals surface area contributed by atoms with Gasteiger partial charge in [0.2, 0.25) is 0 Å². The molecule has 1 aromatic heterocycles. The van der Waals surface area contributed by atoms with Crippen LogP contribution in [0.3, 0.4) is 0 Å². The second-order valence-corrected chi connectivity index (χ2v) is 3.98. The Morgan fingerprint density at radius 1 is 1.65 bits per heavy atom. The minimum Gasteiger partial charge on any atom is -0.366 e. The highest BCUT2D eigenvalue weighted by Gasteiger charge is 2.13. The van der Waals surface area contributed by atoms with E-state index >= 15 is 0 Å². The molecule has 0 amide bonds. The molecule has 17 heavy (non-hydrogen) atoms. The maximum absolute atomic E-state index is 10.8. The van der Waals surface area contributed by atoms with Crippen LogP contribution in [0, 0.1) is 17.0 Å². The topological polar surface area (TPSA) is 94.1 Å². The molecule has 94 valence electrons. The summed E-state index contributed by atoms with van der Waals surface area (Å²) in [5.41, 5.74) is 6.24. The molecule has 1 atom stereocenters. The summed E-state index contributed by atoms with van der Waals surface area (Å²) in [7, 11) is 0. The van der Waals surface area contributed by atoms with Gasteiger partial charge in [-0.2, -0.15) is 0 Å². The fourth-order valence-electron chi connectivity index (χ4n) is 1.60. The van der Waals surface area contributed by atoms with Gasteiger partial charge in [0.25, 0.3) is 5.69 Å². The predicted molar refractivity (Wildman–Crippen MR) is 67.0 cm³/mol. The Labute approximate surface area is 100 Å². The molecule has 6 nitrogen and oxygen atoms in total. The third-order valence-electron chi connectivity index (χ3n) is 2.55. The maximum atomic E-state index is 10.8. The summed E-state index contributed by atoms with van der Waals surface area (Å²) in [6.07, 6.45) is 3.42. The molecule has 1 unspecified atom stereocenters. The van der Waals surface area contributed by atoms with E-state index in [0.29, 0.717) is 17.9 Å². The lowest BCUT2D eigenvalue weighted by Gasteiger charge is -2.16. The number of hydrogen-bond acceptors (Lipinski definition) is 5. The van der Waals surface area contributed by atoms with Gasteiger partial charge in [0.05, 0.1) is 11.0 Å². The minimum atomic E-state index is -0.403. The van der Waals surface area contributed by atoms with Gasteiger partial charge >= 0.3 is 0 Å². The van der Waals surface area contributed by atoms with Crippen molar-refractivity contribution in [1.82, 2.24) is 4.98 Å². The van der Waals surface area contributed by atoms with Crippen LogP contribution in [0.4, 0.5) is 11.5 Å². The molecule has 0 aliphatic heterocycles. The number of aromatic nitrogens is 1. The molecule has 1 aromatic rings. The van der Waals surface area contributed by atoms with Crippen LogP contribution in [0.2, 0.25) is 0 Å². The number of rotatable bonds is 6. The normalized spacial score (nSPS) is 12.2. The molecule has 1 rings (SSSR count). The van der Waals surface area contributed by atoms with Crippen LogP contribution >= 0.6 is 0 Å². The molecule has 1 heterocycles. The fraction of sp³-hybridized carbons (Fsp3) is 0.545. The van der Waals surface area contributed by atoms with Crippen molar-refractivity contribution >= 4 is 11.5 Å². The Kier molecular flexibility index (Phi) is 4.84. The Balaban J connectivity index is 2.84. The summed E-state index contributed by atoms with van der Waals surface area (Å²) >= 11 is 0. The first-order valence-corrected chi connectivity index (χ1v) is 5.66. The van der Waals surface area contributed by atoms with Crippen molar-refractivity contribution in [2.24, 2.45) is 5.73 Å². The van der Waals surface area contributed by atoms with Crippen LogP contribution in [-0.4, -0.2) is 22.5 Å². The average molecular weight is 238 g/mol. The van der Waals surface area contributed by atoms with Gasteiger partial charge in [0.1, 0.15) is 5.82 Å². The zero-order chi connectivity index (χ0) is 12.8. The van der Waals surface area contributed by atoms with Crippen LogP contribution in [0.1, 0.15) is 25.3 Å². The quantitative estimate of drug-likeness (QED) is 0.582. The monoisotopic (exact) mass is 238 g/mol. The van der Waals surface area contributed by atoms with E-state index in [1.807, 2.05) is 0 Å². The number of nitrogens with one attached hydrogen (secondary N) is 1. The summed E-state index contributed by atoms with van der Waals surface area (Å²) in [4.78, 5) is 14.5. The molecule has 0 saturated heterocycles. The molecule has 0 radical (unpaired) electrons. The minimum absolute atomic E-state index is 0.0785. The standard InChI is InChI=1S/C11H18N4O2/c1-3-4-9(6-12)14-11-5-10(15(16)17)8(2)7-13-11/h5,7,9H,3-4,6,12H2,1-2H3,(H,13,14). The van der Waals surface area contributed by atoms with E-state index in [1.54, 1.807) is 6.92 Å². The van der Waals surface area contributed by atoms with Gasteiger partial charge in [-0.1, -0.05) is 13.3 Å². The summed E-state index contributed by atoms with van der Waals surface area (Å²) in [5.74, 6) is 0.506. The van der Waals surface area contributed by atoms with Gasteiger partial charge < -0.3 is 11.1 Å². The number of anilines is 1. The first kappa shape index (κ1) is 13.4.